The third-order valence-electron chi connectivity index (χ3n) is 12.3. The molecule has 0 radical (unpaired) electrons. The Morgan fingerprint density at radius 1 is 0.984 bits per heavy atom. The van der Waals surface area contributed by atoms with Crippen LogP contribution in [-0.4, -0.2) is 120 Å². The van der Waals surface area contributed by atoms with Gasteiger partial charge in [0.1, 0.15) is 35.1 Å². The maximum Gasteiger partial charge on any atom is 0.410 e. The van der Waals surface area contributed by atoms with Gasteiger partial charge in [0, 0.05) is 37.7 Å². The molecule has 2 unspecified atom stereocenters. The molecule has 0 spiro atoms. The molecule has 3 heterocycles. The number of carbonyl (C=O) groups excluding carboxylic acids is 5. The first-order chi connectivity index (χ1) is 30.0. The number of nitro groups is 1. The zero-order valence-corrected chi connectivity index (χ0v) is 37.4. The topological polar surface area (TPSA) is 261 Å². The van der Waals surface area contributed by atoms with Crippen molar-refractivity contribution in [3.05, 3.63) is 69.5 Å². The van der Waals surface area contributed by atoms with Crippen molar-refractivity contribution in [2.75, 3.05) is 19.6 Å². The number of nitrogens with zero attached hydrogens (tertiary/aromatic N) is 4. The number of benzene rings is 2. The van der Waals surface area contributed by atoms with Crippen molar-refractivity contribution >= 4 is 55.6 Å². The van der Waals surface area contributed by atoms with Crippen LogP contribution in [0.25, 0.3) is 0 Å². The molecule has 0 aromatic heterocycles. The highest BCUT2D eigenvalue weighted by atomic mass is 32.2. The van der Waals surface area contributed by atoms with Crippen molar-refractivity contribution in [3.63, 3.8) is 0 Å². The van der Waals surface area contributed by atoms with Gasteiger partial charge in [-0.05, 0) is 76.0 Å². The lowest BCUT2D eigenvalue weighted by molar-refractivity contribution is -0.387. The molecule has 3 N–H and O–H groups in total. The summed E-state index contributed by atoms with van der Waals surface area (Å²) in [6.45, 7) is 4.80. The van der Waals surface area contributed by atoms with Crippen LogP contribution in [-0.2, 0) is 57.0 Å². The number of alkyl carbamates (subject to hydrolysis) is 1. The van der Waals surface area contributed by atoms with Crippen LogP contribution in [0.15, 0.2) is 47.4 Å². The minimum atomic E-state index is -4.79. The van der Waals surface area contributed by atoms with Gasteiger partial charge in [-0.1, -0.05) is 44.0 Å². The molecule has 7 rings (SSSR count). The number of fused-ring (bicyclic) bond motifs is 3. The van der Waals surface area contributed by atoms with Crippen molar-refractivity contribution in [1.82, 2.24) is 29.5 Å². The molecule has 2 saturated carbocycles. The molecule has 20 nitrogen and oxygen atoms in total. The summed E-state index contributed by atoms with van der Waals surface area (Å²) in [6, 6.07) is 5.74. The molecule has 348 valence electrons. The average Bonchev–Trinajstić information content (AvgIpc) is 4.11. The molecule has 2 aromatic carbocycles. The van der Waals surface area contributed by atoms with E-state index < -0.39 is 125 Å². The second-order valence-electron chi connectivity index (χ2n) is 18.2. The molecular weight excluding hydrogens is 882 g/mol. The first-order valence-corrected chi connectivity index (χ1v) is 24.1. The van der Waals surface area contributed by atoms with Gasteiger partial charge in [0.2, 0.25) is 31.9 Å². The zero-order valence-electron chi connectivity index (χ0n) is 35.8. The average molecular weight is 934 g/mol. The number of nitro benzene ring substituents is 1. The standard InChI is InChI=1S/C41H52FN7O13S2/c1-24-10-7-8-17-47(64(59,60)34-14-6-5-13-32(34)49(55)56)23-31(43-38(53)62-40(2,3)4)36(51)48-21-26(61-39(54)46-20-25-11-9-12-30(42)28(25)22-46)18-33(48)35(50)44-41(19-29(24)41)37(52)45-63(57,58)27-15-16-27/h5-6,9,11-14,24,26-27,29,31,33H,7-8,10,15-23H2,1-4H3,(H,43,53)(H,44,50)(H,45,52)/t24?,26-,29+,31+,33?,41-/m1/s1. The summed E-state index contributed by atoms with van der Waals surface area (Å²) in [5.74, 6) is -4.31. The highest BCUT2D eigenvalue weighted by Gasteiger charge is 2.64. The van der Waals surface area contributed by atoms with Crippen molar-refractivity contribution in [3.8, 4) is 0 Å². The van der Waals surface area contributed by atoms with Crippen LogP contribution in [0, 0.1) is 27.8 Å². The Labute approximate surface area is 369 Å². The first kappa shape index (κ1) is 46.6. The lowest BCUT2D eigenvalue weighted by Gasteiger charge is -2.32. The van der Waals surface area contributed by atoms with Gasteiger partial charge in [0.25, 0.3) is 11.6 Å². The predicted octanol–water partition coefficient (Wildman–Crippen LogP) is 3.04. The van der Waals surface area contributed by atoms with Gasteiger partial charge >= 0.3 is 12.2 Å². The maximum atomic E-state index is 15.0. The predicted molar refractivity (Wildman–Crippen MR) is 223 cm³/mol. The second-order valence-corrected chi connectivity index (χ2v) is 22.1. The fraction of sp³-hybridized carbons (Fsp3) is 0.585. The summed E-state index contributed by atoms with van der Waals surface area (Å²) in [5, 5.41) is 16.5. The van der Waals surface area contributed by atoms with Crippen molar-refractivity contribution < 1.29 is 59.6 Å². The van der Waals surface area contributed by atoms with E-state index in [0.29, 0.717) is 36.8 Å². The minimum absolute atomic E-state index is 0.0118. The van der Waals surface area contributed by atoms with Crippen LogP contribution in [0.3, 0.4) is 0 Å². The number of hydrogen-bond donors (Lipinski definition) is 3. The second kappa shape index (κ2) is 17.5. The zero-order chi connectivity index (χ0) is 46.5. The van der Waals surface area contributed by atoms with E-state index in [0.717, 1.165) is 21.3 Å². The molecule has 2 saturated heterocycles. The molecule has 0 bridgehead atoms. The van der Waals surface area contributed by atoms with Gasteiger partial charge in [0.15, 0.2) is 4.90 Å². The Balaban J connectivity index is 1.26. The molecule has 64 heavy (non-hydrogen) atoms. The number of rotatable bonds is 8. The van der Waals surface area contributed by atoms with Crippen molar-refractivity contribution in [2.24, 2.45) is 11.8 Å². The molecule has 23 heteroatoms. The number of para-hydroxylation sites is 1. The number of nitrogens with one attached hydrogen (secondary N) is 3. The van der Waals surface area contributed by atoms with Crippen molar-refractivity contribution in [1.29, 1.82) is 0 Å². The van der Waals surface area contributed by atoms with E-state index in [1.165, 1.54) is 29.2 Å². The molecule has 4 fully saturated rings. The summed E-state index contributed by atoms with van der Waals surface area (Å²) in [5.41, 5.74) is -2.70. The van der Waals surface area contributed by atoms with Crippen molar-refractivity contribution in [2.45, 2.75) is 125 Å². The number of halogens is 1. The van der Waals surface area contributed by atoms with Gasteiger partial charge in [-0.15, -0.1) is 0 Å². The van der Waals surface area contributed by atoms with E-state index in [4.69, 9.17) is 9.47 Å². The van der Waals surface area contributed by atoms with Gasteiger partial charge < -0.3 is 25.0 Å². The summed E-state index contributed by atoms with van der Waals surface area (Å²) in [7, 11) is -8.86. The number of ether oxygens (including phenoxy) is 2. The maximum absolute atomic E-state index is 15.0. The number of amides is 5. The third-order valence-corrected chi connectivity index (χ3v) is 16.1. The monoisotopic (exact) mass is 933 g/mol. The Morgan fingerprint density at radius 2 is 1.70 bits per heavy atom. The fourth-order valence-electron chi connectivity index (χ4n) is 8.79. The smallest absolute Gasteiger partial charge is 0.410 e. The number of sulfonamides is 2. The van der Waals surface area contributed by atoms with Crippen LogP contribution in [0.5, 0.6) is 0 Å². The summed E-state index contributed by atoms with van der Waals surface area (Å²) in [4.78, 5) is 83.4. The van der Waals surface area contributed by atoms with Crippen LogP contribution in [0.2, 0.25) is 0 Å². The largest absolute Gasteiger partial charge is 0.444 e. The van der Waals surface area contributed by atoms with Gasteiger partial charge in [-0.3, -0.25) is 34.1 Å². The summed E-state index contributed by atoms with van der Waals surface area (Å²) < 4.78 is 83.9. The molecule has 5 amide bonds. The van der Waals surface area contributed by atoms with E-state index in [-0.39, 0.29) is 44.8 Å². The van der Waals surface area contributed by atoms with Crippen LogP contribution in [0.1, 0.15) is 83.8 Å². The Morgan fingerprint density at radius 3 is 2.38 bits per heavy atom. The highest BCUT2D eigenvalue weighted by Crippen LogP contribution is 2.51. The van der Waals surface area contributed by atoms with Crippen LogP contribution < -0.4 is 15.4 Å². The normalized spacial score (nSPS) is 26.9. The Bertz CT molecular complexity index is 2460. The minimum Gasteiger partial charge on any atom is -0.444 e. The quantitative estimate of drug-likeness (QED) is 0.254. The molecule has 6 atom stereocenters. The Kier molecular flexibility index (Phi) is 12.7. The van der Waals surface area contributed by atoms with E-state index in [2.05, 4.69) is 15.4 Å². The SMILES string of the molecule is CC1CCCCN(S(=O)(=O)c2ccccc2[N+](=O)[O-])C[C@H](NC(=O)OC(C)(C)C)C(=O)N2C[C@H](OC(=O)N3Cc4cccc(F)c4C3)CC2C(=O)N[C@]2(C(=O)NS(=O)(=O)C3CC3)C[C@@H]12. The van der Waals surface area contributed by atoms with E-state index in [1.54, 1.807) is 26.8 Å². The lowest BCUT2D eigenvalue weighted by atomic mass is 9.95. The third kappa shape index (κ3) is 9.80. The highest BCUT2D eigenvalue weighted by molar-refractivity contribution is 7.91. The van der Waals surface area contributed by atoms with E-state index in [9.17, 15) is 55.3 Å². The van der Waals surface area contributed by atoms with E-state index >= 15 is 0 Å². The van der Waals surface area contributed by atoms with Gasteiger partial charge in [-0.25, -0.2) is 30.8 Å². The molecule has 2 aliphatic carbocycles. The van der Waals surface area contributed by atoms with Gasteiger partial charge in [0.05, 0.1) is 23.3 Å². The molecule has 2 aromatic rings. The molecule has 5 aliphatic rings. The van der Waals surface area contributed by atoms with Gasteiger partial charge in [-0.2, -0.15) is 4.31 Å². The summed E-state index contributed by atoms with van der Waals surface area (Å²) >= 11 is 0. The van der Waals surface area contributed by atoms with Crippen LogP contribution in [0.4, 0.5) is 19.7 Å². The molecule has 3 aliphatic heterocycles. The summed E-state index contributed by atoms with van der Waals surface area (Å²) in [6.07, 6.45) is -1.97. The molecular formula is C41H52FN7O13S2. The van der Waals surface area contributed by atoms with E-state index in [1.807, 2.05) is 6.92 Å². The lowest BCUT2D eigenvalue weighted by Crippen LogP contribution is -2.60. The fourth-order valence-corrected chi connectivity index (χ4v) is 11.8. The number of hydrogen-bond acceptors (Lipinski definition) is 13. The number of carbonyl (C=O) groups is 5. The Hall–Kier alpha value is -5.42. The van der Waals surface area contributed by atoms with Crippen LogP contribution >= 0.6 is 0 Å². The first-order valence-electron chi connectivity index (χ1n) is 21.1.